The van der Waals surface area contributed by atoms with E-state index in [0.717, 1.165) is 22.9 Å². The maximum absolute atomic E-state index is 15.3. The van der Waals surface area contributed by atoms with Crippen LogP contribution in [0.5, 0.6) is 0 Å². The van der Waals surface area contributed by atoms with Crippen LogP contribution in [0.2, 0.25) is 0 Å². The second-order valence-electron chi connectivity index (χ2n) is 8.37. The molecule has 5 aromatic rings. The average molecular weight is 522 g/mol. The van der Waals surface area contributed by atoms with Gasteiger partial charge in [0.1, 0.15) is 23.6 Å². The van der Waals surface area contributed by atoms with Crippen molar-refractivity contribution in [3.8, 4) is 0 Å². The zero-order valence-corrected chi connectivity index (χ0v) is 20.4. The van der Waals surface area contributed by atoms with Crippen molar-refractivity contribution >= 4 is 54.8 Å². The molecule has 0 fully saturated rings. The van der Waals surface area contributed by atoms with Crippen LogP contribution >= 0.6 is 0 Å². The number of sulfonamides is 1. The molecule has 2 aromatic heterocycles. The Morgan fingerprint density at radius 2 is 1.81 bits per heavy atom. The first-order chi connectivity index (χ1) is 17.8. The van der Waals surface area contributed by atoms with E-state index in [0.29, 0.717) is 12.1 Å². The number of nitrogens with one attached hydrogen (secondary N) is 3. The highest BCUT2D eigenvalue weighted by Crippen LogP contribution is 2.31. The molecule has 37 heavy (non-hydrogen) atoms. The number of benzene rings is 3. The summed E-state index contributed by atoms with van der Waals surface area (Å²) in [6.07, 6.45) is 2.88. The molecule has 0 radical (unpaired) electrons. The fourth-order valence-corrected chi connectivity index (χ4v) is 5.23. The van der Waals surface area contributed by atoms with E-state index in [1.165, 1.54) is 12.5 Å². The molecular formula is C26H21F2N5O3S. The molecule has 8 nitrogen and oxygen atoms in total. The van der Waals surface area contributed by atoms with Gasteiger partial charge in [0.05, 0.1) is 28.0 Å². The first-order valence-electron chi connectivity index (χ1n) is 11.4. The van der Waals surface area contributed by atoms with Crippen LogP contribution in [-0.2, 0) is 10.0 Å². The molecule has 0 aliphatic heterocycles. The van der Waals surface area contributed by atoms with E-state index in [1.807, 2.05) is 42.5 Å². The number of H-pyrrole nitrogens is 1. The third kappa shape index (κ3) is 4.73. The lowest BCUT2D eigenvalue weighted by Crippen LogP contribution is -2.18. The van der Waals surface area contributed by atoms with Gasteiger partial charge >= 0.3 is 0 Å². The Hall–Kier alpha value is -4.38. The summed E-state index contributed by atoms with van der Waals surface area (Å²) < 4.78 is 56.4. The van der Waals surface area contributed by atoms with Crippen LogP contribution in [0.1, 0.15) is 29.3 Å². The molecule has 0 saturated heterocycles. The summed E-state index contributed by atoms with van der Waals surface area (Å²) in [7, 11) is -3.87. The number of carbonyl (C=O) groups excluding carboxylic acids is 1. The van der Waals surface area contributed by atoms with Gasteiger partial charge in [-0.25, -0.2) is 27.2 Å². The van der Waals surface area contributed by atoms with E-state index in [9.17, 15) is 17.6 Å². The number of aromatic amines is 1. The van der Waals surface area contributed by atoms with Crippen molar-refractivity contribution in [2.24, 2.45) is 0 Å². The summed E-state index contributed by atoms with van der Waals surface area (Å²) in [4.78, 5) is 24.6. The lowest BCUT2D eigenvalue weighted by atomic mass is 10.0. The lowest BCUT2D eigenvalue weighted by molar-refractivity contribution is 0.103. The monoisotopic (exact) mass is 521 g/mol. The van der Waals surface area contributed by atoms with Crippen molar-refractivity contribution < 1.29 is 22.0 Å². The summed E-state index contributed by atoms with van der Waals surface area (Å²) in [6, 6.07) is 15.2. The minimum Gasteiger partial charge on any atom is -0.345 e. The van der Waals surface area contributed by atoms with Crippen LogP contribution in [0, 0.1) is 11.6 Å². The van der Waals surface area contributed by atoms with Crippen molar-refractivity contribution in [3.63, 3.8) is 0 Å². The number of hydrogen-bond donors (Lipinski definition) is 3. The molecule has 0 atom stereocenters. The van der Waals surface area contributed by atoms with Crippen LogP contribution in [0.3, 0.4) is 0 Å². The van der Waals surface area contributed by atoms with Gasteiger partial charge in [0.15, 0.2) is 5.82 Å². The summed E-state index contributed by atoms with van der Waals surface area (Å²) in [5, 5.41) is 5.41. The first kappa shape index (κ1) is 24.3. The van der Waals surface area contributed by atoms with Crippen LogP contribution in [0.25, 0.3) is 21.8 Å². The maximum atomic E-state index is 15.3. The summed E-state index contributed by atoms with van der Waals surface area (Å²) in [5.74, 6) is -3.42. The SMILES string of the molecule is CCCS(=O)(=O)Nc1ccc(F)c(C(=O)c2c[nH]c3ncnc(Nc4ccc5ccccc5c4)c23)c1F. The predicted molar refractivity (Wildman–Crippen MR) is 139 cm³/mol. The first-order valence-corrected chi connectivity index (χ1v) is 13.0. The highest BCUT2D eigenvalue weighted by Gasteiger charge is 2.27. The van der Waals surface area contributed by atoms with Crippen LogP contribution in [0.4, 0.5) is 26.0 Å². The lowest BCUT2D eigenvalue weighted by Gasteiger charge is -2.12. The van der Waals surface area contributed by atoms with Gasteiger partial charge in [-0.05, 0) is 41.5 Å². The topological polar surface area (TPSA) is 117 Å². The molecule has 0 bridgehead atoms. The van der Waals surface area contributed by atoms with Gasteiger partial charge in [0.25, 0.3) is 0 Å². The van der Waals surface area contributed by atoms with Crippen molar-refractivity contribution in [2.45, 2.75) is 13.3 Å². The minimum atomic E-state index is -3.87. The molecule has 3 N–H and O–H groups in total. The summed E-state index contributed by atoms with van der Waals surface area (Å²) in [5.41, 5.74) is -0.516. The highest BCUT2D eigenvalue weighted by molar-refractivity contribution is 7.92. The van der Waals surface area contributed by atoms with Gasteiger partial charge in [-0.1, -0.05) is 37.3 Å². The largest absolute Gasteiger partial charge is 0.345 e. The quantitative estimate of drug-likeness (QED) is 0.232. The zero-order chi connectivity index (χ0) is 26.2. The van der Waals surface area contributed by atoms with E-state index in [1.54, 1.807) is 6.92 Å². The number of ketones is 1. The number of carbonyl (C=O) groups is 1. The Morgan fingerprint density at radius 3 is 2.59 bits per heavy atom. The number of anilines is 3. The Labute approximate surface area is 210 Å². The molecule has 0 unspecified atom stereocenters. The Bertz CT molecular complexity index is 1770. The van der Waals surface area contributed by atoms with E-state index in [-0.39, 0.29) is 28.2 Å². The molecule has 0 amide bonds. The molecular weight excluding hydrogens is 500 g/mol. The Morgan fingerprint density at radius 1 is 1.03 bits per heavy atom. The highest BCUT2D eigenvalue weighted by atomic mass is 32.2. The number of halogens is 2. The summed E-state index contributed by atoms with van der Waals surface area (Å²) in [6.45, 7) is 1.65. The van der Waals surface area contributed by atoms with Crippen LogP contribution in [-0.4, -0.2) is 34.9 Å². The van der Waals surface area contributed by atoms with E-state index in [4.69, 9.17) is 0 Å². The van der Waals surface area contributed by atoms with Gasteiger partial charge in [-0.3, -0.25) is 9.52 Å². The molecule has 0 spiro atoms. The smallest absolute Gasteiger partial charge is 0.232 e. The van der Waals surface area contributed by atoms with E-state index < -0.39 is 38.7 Å². The Kier molecular flexibility index (Phi) is 6.30. The number of hydrogen-bond acceptors (Lipinski definition) is 6. The standard InChI is InChI=1S/C26H21F2N5O3S/c1-2-11-37(35,36)33-20-10-9-19(27)22(23(20)28)24(34)18-13-29-25-21(18)26(31-14-30-25)32-17-8-7-15-5-3-4-6-16(15)12-17/h3-10,12-14,33H,2,11H2,1H3,(H2,29,30,31,32). The second-order valence-corrected chi connectivity index (χ2v) is 10.2. The molecule has 0 aliphatic rings. The molecule has 0 aliphatic carbocycles. The molecule has 2 heterocycles. The molecule has 3 aromatic carbocycles. The van der Waals surface area contributed by atoms with Crippen molar-refractivity contribution in [2.75, 3.05) is 15.8 Å². The molecule has 11 heteroatoms. The minimum absolute atomic E-state index is 0.0785. The van der Waals surface area contributed by atoms with Crippen LogP contribution in [0.15, 0.2) is 67.1 Å². The van der Waals surface area contributed by atoms with Crippen molar-refractivity contribution in [1.29, 1.82) is 0 Å². The third-order valence-corrected chi connectivity index (χ3v) is 7.26. The Balaban J connectivity index is 1.56. The zero-order valence-electron chi connectivity index (χ0n) is 19.5. The molecule has 188 valence electrons. The van der Waals surface area contributed by atoms with Gasteiger partial charge in [-0.15, -0.1) is 0 Å². The number of rotatable bonds is 8. The summed E-state index contributed by atoms with van der Waals surface area (Å²) >= 11 is 0. The second kappa shape index (κ2) is 9.58. The van der Waals surface area contributed by atoms with E-state index >= 15 is 4.39 Å². The van der Waals surface area contributed by atoms with Gasteiger partial charge in [-0.2, -0.15) is 0 Å². The van der Waals surface area contributed by atoms with Gasteiger partial charge in [0, 0.05) is 11.9 Å². The molecule has 5 rings (SSSR count). The number of nitrogens with zero attached hydrogens (tertiary/aromatic N) is 2. The number of fused-ring (bicyclic) bond motifs is 2. The fraction of sp³-hybridized carbons (Fsp3) is 0.115. The van der Waals surface area contributed by atoms with Crippen LogP contribution < -0.4 is 10.0 Å². The van der Waals surface area contributed by atoms with E-state index in [2.05, 4.69) is 25.0 Å². The normalized spacial score (nSPS) is 11.6. The average Bonchev–Trinajstić information content (AvgIpc) is 3.31. The van der Waals surface area contributed by atoms with Gasteiger partial charge < -0.3 is 10.3 Å². The van der Waals surface area contributed by atoms with Crippen molar-refractivity contribution in [1.82, 2.24) is 15.0 Å². The third-order valence-electron chi connectivity index (χ3n) is 5.78. The number of aromatic nitrogens is 3. The fourth-order valence-electron chi connectivity index (χ4n) is 4.10. The molecule has 0 saturated carbocycles. The predicted octanol–water partition coefficient (Wildman–Crippen LogP) is 5.52. The maximum Gasteiger partial charge on any atom is 0.232 e. The van der Waals surface area contributed by atoms with Crippen molar-refractivity contribution in [3.05, 3.63) is 89.9 Å². The van der Waals surface area contributed by atoms with Gasteiger partial charge in [0.2, 0.25) is 15.8 Å².